The van der Waals surface area contributed by atoms with Crippen LogP contribution < -0.4 is 0 Å². The molecular formula is C28H21BrN2. The predicted octanol–water partition coefficient (Wildman–Crippen LogP) is 7.84. The van der Waals surface area contributed by atoms with Crippen molar-refractivity contribution < 1.29 is 0 Å². The number of halogens is 1. The van der Waals surface area contributed by atoms with Crippen molar-refractivity contribution in [3.05, 3.63) is 119 Å². The molecule has 0 N–H and O–H groups in total. The standard InChI is InChI=1S/C28H21BrN2/c29-25-17-15-23(16-18-25)27-19-26(30-28(31-27)24-9-5-2-6-10-24)22-13-11-21(12-14-22)20-7-3-1-4-8-20/h1-7,9-20H,8H2. The van der Waals surface area contributed by atoms with Gasteiger partial charge in [0.2, 0.25) is 0 Å². The molecule has 1 atom stereocenters. The third-order valence-corrected chi connectivity index (χ3v) is 6.04. The Morgan fingerprint density at radius 2 is 1.32 bits per heavy atom. The Kier molecular flexibility index (Phi) is 5.59. The molecule has 1 aliphatic rings. The van der Waals surface area contributed by atoms with Crippen LogP contribution in [0.1, 0.15) is 17.9 Å². The van der Waals surface area contributed by atoms with Crippen molar-refractivity contribution in [3.8, 4) is 33.9 Å². The van der Waals surface area contributed by atoms with Gasteiger partial charge in [0, 0.05) is 27.1 Å². The lowest BCUT2D eigenvalue weighted by atomic mass is 9.92. The Morgan fingerprint density at radius 1 is 0.677 bits per heavy atom. The molecule has 1 aliphatic carbocycles. The van der Waals surface area contributed by atoms with Crippen LogP contribution in [-0.2, 0) is 0 Å². The number of benzene rings is 3. The topological polar surface area (TPSA) is 25.8 Å². The van der Waals surface area contributed by atoms with Gasteiger partial charge in [-0.2, -0.15) is 0 Å². The van der Waals surface area contributed by atoms with Gasteiger partial charge in [-0.15, -0.1) is 0 Å². The molecule has 4 aromatic rings. The first-order chi connectivity index (χ1) is 15.3. The highest BCUT2D eigenvalue weighted by atomic mass is 79.9. The average molecular weight is 465 g/mol. The van der Waals surface area contributed by atoms with Gasteiger partial charge in [-0.05, 0) is 30.2 Å². The fraction of sp³-hybridized carbons (Fsp3) is 0.0714. The monoisotopic (exact) mass is 464 g/mol. The zero-order valence-corrected chi connectivity index (χ0v) is 18.5. The Hall–Kier alpha value is -3.30. The van der Waals surface area contributed by atoms with E-state index < -0.39 is 0 Å². The van der Waals surface area contributed by atoms with Gasteiger partial charge in [-0.1, -0.05) is 107 Å². The quantitative estimate of drug-likeness (QED) is 0.307. The van der Waals surface area contributed by atoms with Crippen LogP contribution in [0.4, 0.5) is 0 Å². The van der Waals surface area contributed by atoms with Gasteiger partial charge in [0.25, 0.3) is 0 Å². The van der Waals surface area contributed by atoms with Gasteiger partial charge in [-0.25, -0.2) is 9.97 Å². The van der Waals surface area contributed by atoms with Crippen LogP contribution in [0, 0.1) is 0 Å². The summed E-state index contributed by atoms with van der Waals surface area (Å²) in [5, 5.41) is 0. The molecular weight excluding hydrogens is 444 g/mol. The highest BCUT2D eigenvalue weighted by molar-refractivity contribution is 9.10. The second-order valence-corrected chi connectivity index (χ2v) is 8.53. The fourth-order valence-corrected chi connectivity index (χ4v) is 4.07. The van der Waals surface area contributed by atoms with Crippen molar-refractivity contribution in [1.29, 1.82) is 0 Å². The average Bonchev–Trinajstić information content (AvgIpc) is 2.85. The Bertz CT molecular complexity index is 1240. The molecule has 31 heavy (non-hydrogen) atoms. The lowest BCUT2D eigenvalue weighted by Gasteiger charge is -2.14. The van der Waals surface area contributed by atoms with E-state index in [2.05, 4.69) is 94.8 Å². The van der Waals surface area contributed by atoms with Crippen molar-refractivity contribution in [2.45, 2.75) is 12.3 Å². The molecule has 0 fully saturated rings. The SMILES string of the molecule is Brc1ccc(-c2cc(-c3ccc(C4C=CC=CC4)cc3)nc(-c3ccccc3)n2)cc1. The molecule has 0 aliphatic heterocycles. The molecule has 0 saturated carbocycles. The van der Waals surface area contributed by atoms with Crippen molar-refractivity contribution in [2.75, 3.05) is 0 Å². The summed E-state index contributed by atoms with van der Waals surface area (Å²) < 4.78 is 1.05. The van der Waals surface area contributed by atoms with E-state index in [1.807, 2.05) is 30.3 Å². The van der Waals surface area contributed by atoms with E-state index in [4.69, 9.17) is 9.97 Å². The number of rotatable bonds is 4. The van der Waals surface area contributed by atoms with Crippen LogP contribution in [-0.4, -0.2) is 9.97 Å². The second kappa shape index (κ2) is 8.83. The molecule has 0 spiro atoms. The normalized spacial score (nSPS) is 15.2. The molecule has 1 heterocycles. The third kappa shape index (κ3) is 4.42. The third-order valence-electron chi connectivity index (χ3n) is 5.51. The largest absolute Gasteiger partial charge is 0.228 e. The van der Waals surface area contributed by atoms with Gasteiger partial charge in [0.05, 0.1) is 11.4 Å². The van der Waals surface area contributed by atoms with Crippen molar-refractivity contribution >= 4 is 15.9 Å². The number of nitrogens with zero attached hydrogens (tertiary/aromatic N) is 2. The minimum absolute atomic E-state index is 0.447. The maximum Gasteiger partial charge on any atom is 0.160 e. The number of hydrogen-bond donors (Lipinski definition) is 0. The first kappa shape index (κ1) is 19.7. The predicted molar refractivity (Wildman–Crippen MR) is 132 cm³/mol. The molecule has 0 amide bonds. The van der Waals surface area contributed by atoms with Crippen LogP contribution in [0.15, 0.2) is 114 Å². The smallest absolute Gasteiger partial charge is 0.160 e. The maximum absolute atomic E-state index is 4.91. The van der Waals surface area contributed by atoms with Crippen LogP contribution in [0.5, 0.6) is 0 Å². The summed E-state index contributed by atoms with van der Waals surface area (Å²) in [7, 11) is 0. The van der Waals surface area contributed by atoms with Crippen LogP contribution in [0.25, 0.3) is 33.9 Å². The van der Waals surface area contributed by atoms with Gasteiger partial charge < -0.3 is 0 Å². The number of aromatic nitrogens is 2. The highest BCUT2D eigenvalue weighted by Gasteiger charge is 2.12. The molecule has 3 aromatic carbocycles. The van der Waals surface area contributed by atoms with E-state index in [9.17, 15) is 0 Å². The minimum Gasteiger partial charge on any atom is -0.228 e. The van der Waals surface area contributed by atoms with Crippen molar-refractivity contribution in [2.24, 2.45) is 0 Å². The zero-order valence-electron chi connectivity index (χ0n) is 16.9. The lowest BCUT2D eigenvalue weighted by Crippen LogP contribution is -1.98. The molecule has 0 radical (unpaired) electrons. The van der Waals surface area contributed by atoms with Crippen LogP contribution in [0.3, 0.4) is 0 Å². The summed E-state index contributed by atoms with van der Waals surface area (Å²) in [4.78, 5) is 9.79. The first-order valence-corrected chi connectivity index (χ1v) is 11.2. The molecule has 3 heteroatoms. The Morgan fingerprint density at radius 3 is 1.94 bits per heavy atom. The Labute approximate surface area is 191 Å². The summed E-state index contributed by atoms with van der Waals surface area (Å²) in [6, 6.07) is 29.2. The van der Waals surface area contributed by atoms with Crippen molar-refractivity contribution in [3.63, 3.8) is 0 Å². The van der Waals surface area contributed by atoms with Gasteiger partial charge >= 0.3 is 0 Å². The van der Waals surface area contributed by atoms with Crippen molar-refractivity contribution in [1.82, 2.24) is 9.97 Å². The van der Waals surface area contributed by atoms with E-state index >= 15 is 0 Å². The molecule has 0 bridgehead atoms. The van der Waals surface area contributed by atoms with E-state index in [1.54, 1.807) is 0 Å². The first-order valence-electron chi connectivity index (χ1n) is 10.4. The van der Waals surface area contributed by atoms with Gasteiger partial charge in [-0.3, -0.25) is 0 Å². The van der Waals surface area contributed by atoms with Gasteiger partial charge in [0.15, 0.2) is 5.82 Å². The highest BCUT2D eigenvalue weighted by Crippen LogP contribution is 2.30. The van der Waals surface area contributed by atoms with Gasteiger partial charge in [0.1, 0.15) is 0 Å². The van der Waals surface area contributed by atoms with E-state index in [0.29, 0.717) is 5.92 Å². The second-order valence-electron chi connectivity index (χ2n) is 7.61. The maximum atomic E-state index is 4.91. The summed E-state index contributed by atoms with van der Waals surface area (Å²) >= 11 is 3.52. The number of hydrogen-bond acceptors (Lipinski definition) is 2. The zero-order chi connectivity index (χ0) is 21.0. The molecule has 0 saturated heterocycles. The Balaban J connectivity index is 1.57. The van der Waals surface area contributed by atoms with Crippen LogP contribution in [0.2, 0.25) is 0 Å². The molecule has 2 nitrogen and oxygen atoms in total. The van der Waals surface area contributed by atoms with E-state index in [-0.39, 0.29) is 0 Å². The molecule has 150 valence electrons. The fourth-order valence-electron chi connectivity index (χ4n) is 3.81. The molecule has 1 unspecified atom stereocenters. The summed E-state index contributed by atoms with van der Waals surface area (Å²) in [5.41, 5.74) is 6.35. The minimum atomic E-state index is 0.447. The van der Waals surface area contributed by atoms with E-state index in [1.165, 1.54) is 5.56 Å². The van der Waals surface area contributed by atoms with Crippen LogP contribution >= 0.6 is 15.9 Å². The lowest BCUT2D eigenvalue weighted by molar-refractivity contribution is 0.854. The molecule has 5 rings (SSSR count). The summed E-state index contributed by atoms with van der Waals surface area (Å²) in [6.45, 7) is 0. The summed E-state index contributed by atoms with van der Waals surface area (Å²) in [6.07, 6.45) is 9.78. The number of allylic oxidation sites excluding steroid dienone is 4. The molecule has 1 aromatic heterocycles. The van der Waals surface area contributed by atoms with E-state index in [0.717, 1.165) is 44.8 Å². The summed E-state index contributed by atoms with van der Waals surface area (Å²) in [5.74, 6) is 1.18.